The van der Waals surface area contributed by atoms with Crippen LogP contribution in [0, 0.1) is 20.8 Å². The molecule has 0 aromatic carbocycles. The predicted molar refractivity (Wildman–Crippen MR) is 63.3 cm³/mol. The van der Waals surface area contributed by atoms with Crippen LogP contribution in [0.25, 0.3) is 0 Å². The van der Waals surface area contributed by atoms with Gasteiger partial charge in [0.2, 0.25) is 0 Å². The summed E-state index contributed by atoms with van der Waals surface area (Å²) in [7, 11) is 0. The van der Waals surface area contributed by atoms with E-state index in [1.165, 1.54) is 10.4 Å². The lowest BCUT2D eigenvalue weighted by molar-refractivity contribution is 0.499. The molecule has 1 unspecified atom stereocenters. The lowest BCUT2D eigenvalue weighted by Gasteiger charge is -2.07. The van der Waals surface area contributed by atoms with Crippen LogP contribution < -0.4 is 5.73 Å². The van der Waals surface area contributed by atoms with Gasteiger partial charge in [-0.15, -0.1) is 11.3 Å². The molecule has 2 heterocycles. The Hall–Kier alpha value is -1.06. The average molecular weight is 221 g/mol. The molecule has 2 aromatic rings. The fraction of sp³-hybridized carbons (Fsp3) is 0.333. The first kappa shape index (κ1) is 10.5. The van der Waals surface area contributed by atoms with E-state index in [1.54, 1.807) is 11.3 Å². The highest BCUT2D eigenvalue weighted by Gasteiger charge is 2.15. The summed E-state index contributed by atoms with van der Waals surface area (Å²) in [6.07, 6.45) is 0. The number of rotatable bonds is 2. The molecule has 2 rings (SSSR count). The zero-order chi connectivity index (χ0) is 11.0. The van der Waals surface area contributed by atoms with Crippen LogP contribution >= 0.6 is 11.3 Å². The predicted octanol–water partition coefficient (Wildman–Crippen LogP) is 3.31. The molecule has 0 saturated carbocycles. The minimum Gasteiger partial charge on any atom is -0.466 e. The molecule has 0 radical (unpaired) electrons. The normalized spacial score (nSPS) is 13.1. The molecule has 2 aromatic heterocycles. The lowest BCUT2D eigenvalue weighted by atomic mass is 10.0. The molecule has 2 N–H and O–H groups in total. The summed E-state index contributed by atoms with van der Waals surface area (Å²) >= 11 is 1.73. The van der Waals surface area contributed by atoms with Crippen LogP contribution in [0.5, 0.6) is 0 Å². The fourth-order valence-electron chi connectivity index (χ4n) is 1.77. The third kappa shape index (κ3) is 1.98. The first-order valence-electron chi connectivity index (χ1n) is 4.95. The van der Waals surface area contributed by atoms with Gasteiger partial charge < -0.3 is 10.2 Å². The molecular formula is C12H15NOS. The number of furan rings is 1. The molecule has 3 heteroatoms. The molecule has 0 aliphatic heterocycles. The second-order valence-electron chi connectivity index (χ2n) is 3.84. The lowest BCUT2D eigenvalue weighted by Crippen LogP contribution is -2.10. The molecular weight excluding hydrogens is 206 g/mol. The Labute approximate surface area is 93.7 Å². The van der Waals surface area contributed by atoms with E-state index in [0.29, 0.717) is 0 Å². The zero-order valence-corrected chi connectivity index (χ0v) is 10.0. The van der Waals surface area contributed by atoms with E-state index in [2.05, 4.69) is 18.4 Å². The summed E-state index contributed by atoms with van der Waals surface area (Å²) < 4.78 is 5.49. The average Bonchev–Trinajstić information content (AvgIpc) is 2.71. The Morgan fingerprint density at radius 1 is 1.27 bits per heavy atom. The van der Waals surface area contributed by atoms with E-state index in [4.69, 9.17) is 10.2 Å². The highest BCUT2D eigenvalue weighted by molar-refractivity contribution is 7.10. The first-order chi connectivity index (χ1) is 7.08. The maximum atomic E-state index is 6.19. The van der Waals surface area contributed by atoms with Gasteiger partial charge in [-0.3, -0.25) is 0 Å². The van der Waals surface area contributed by atoms with Gasteiger partial charge in [-0.05, 0) is 43.8 Å². The molecule has 1 atom stereocenters. The van der Waals surface area contributed by atoms with Crippen LogP contribution in [0.3, 0.4) is 0 Å². The summed E-state index contributed by atoms with van der Waals surface area (Å²) in [5.41, 5.74) is 8.45. The van der Waals surface area contributed by atoms with Gasteiger partial charge >= 0.3 is 0 Å². The van der Waals surface area contributed by atoms with Gasteiger partial charge in [-0.2, -0.15) is 0 Å². The minimum absolute atomic E-state index is 0.0626. The van der Waals surface area contributed by atoms with E-state index in [9.17, 15) is 0 Å². The van der Waals surface area contributed by atoms with E-state index in [1.807, 2.05) is 19.9 Å². The van der Waals surface area contributed by atoms with Gasteiger partial charge in [0.1, 0.15) is 11.5 Å². The third-order valence-corrected chi connectivity index (χ3v) is 3.40. The Balaban J connectivity index is 2.35. The number of nitrogens with two attached hydrogens (primary N) is 1. The zero-order valence-electron chi connectivity index (χ0n) is 9.20. The number of aryl methyl sites for hydroxylation is 3. The van der Waals surface area contributed by atoms with Gasteiger partial charge in [-0.1, -0.05) is 0 Å². The summed E-state index contributed by atoms with van der Waals surface area (Å²) in [6.45, 7) is 6.00. The van der Waals surface area contributed by atoms with Gasteiger partial charge in [0.05, 0.1) is 6.04 Å². The topological polar surface area (TPSA) is 39.2 Å². The van der Waals surface area contributed by atoms with Crippen LogP contribution in [-0.4, -0.2) is 0 Å². The van der Waals surface area contributed by atoms with Crippen molar-refractivity contribution in [2.24, 2.45) is 5.73 Å². The standard InChI is InChI=1S/C12H15NOS/c1-7-4-11(9(3)14-7)12(13)10-5-8(2)15-6-10/h4-6,12H,13H2,1-3H3. The molecule has 0 bridgehead atoms. The van der Waals surface area contributed by atoms with Crippen LogP contribution in [0.2, 0.25) is 0 Å². The minimum atomic E-state index is -0.0626. The Kier molecular flexibility index (Phi) is 2.67. The highest BCUT2D eigenvalue weighted by Crippen LogP contribution is 2.28. The number of hydrogen-bond donors (Lipinski definition) is 1. The maximum Gasteiger partial charge on any atom is 0.106 e. The van der Waals surface area contributed by atoms with Gasteiger partial charge in [0.15, 0.2) is 0 Å². The van der Waals surface area contributed by atoms with Crippen LogP contribution in [0.4, 0.5) is 0 Å². The molecule has 80 valence electrons. The maximum absolute atomic E-state index is 6.19. The highest BCUT2D eigenvalue weighted by atomic mass is 32.1. The third-order valence-electron chi connectivity index (χ3n) is 2.52. The monoisotopic (exact) mass is 221 g/mol. The van der Waals surface area contributed by atoms with Crippen LogP contribution in [0.1, 0.15) is 33.6 Å². The van der Waals surface area contributed by atoms with Crippen molar-refractivity contribution in [1.82, 2.24) is 0 Å². The van der Waals surface area contributed by atoms with Crippen molar-refractivity contribution in [2.45, 2.75) is 26.8 Å². The smallest absolute Gasteiger partial charge is 0.106 e. The van der Waals surface area contributed by atoms with Crippen molar-refractivity contribution >= 4 is 11.3 Å². The van der Waals surface area contributed by atoms with E-state index in [-0.39, 0.29) is 6.04 Å². The van der Waals surface area contributed by atoms with Crippen LogP contribution in [0.15, 0.2) is 21.9 Å². The molecule has 0 aliphatic rings. The molecule has 0 fully saturated rings. The molecule has 2 nitrogen and oxygen atoms in total. The Bertz CT molecular complexity index is 470. The summed E-state index contributed by atoms with van der Waals surface area (Å²) in [6, 6.07) is 4.09. The van der Waals surface area contributed by atoms with Gasteiger partial charge in [0, 0.05) is 10.4 Å². The van der Waals surface area contributed by atoms with Crippen LogP contribution in [-0.2, 0) is 0 Å². The van der Waals surface area contributed by atoms with Crippen molar-refractivity contribution in [2.75, 3.05) is 0 Å². The van der Waals surface area contributed by atoms with Crippen molar-refractivity contribution in [3.8, 4) is 0 Å². The molecule has 0 spiro atoms. The quantitative estimate of drug-likeness (QED) is 0.845. The van der Waals surface area contributed by atoms with Crippen molar-refractivity contribution in [3.63, 3.8) is 0 Å². The second-order valence-corrected chi connectivity index (χ2v) is 4.95. The molecule has 15 heavy (non-hydrogen) atoms. The summed E-state index contributed by atoms with van der Waals surface area (Å²) in [5.74, 6) is 1.84. The van der Waals surface area contributed by atoms with Gasteiger partial charge in [-0.25, -0.2) is 0 Å². The molecule has 0 saturated heterocycles. The summed E-state index contributed by atoms with van der Waals surface area (Å²) in [5, 5.41) is 2.11. The van der Waals surface area contributed by atoms with E-state index >= 15 is 0 Å². The largest absolute Gasteiger partial charge is 0.466 e. The Morgan fingerprint density at radius 3 is 2.47 bits per heavy atom. The fourth-order valence-corrected chi connectivity index (χ4v) is 2.51. The van der Waals surface area contributed by atoms with Crippen molar-refractivity contribution < 1.29 is 4.42 Å². The van der Waals surface area contributed by atoms with E-state index in [0.717, 1.165) is 17.1 Å². The second kappa shape index (κ2) is 3.83. The Morgan fingerprint density at radius 2 is 2.00 bits per heavy atom. The van der Waals surface area contributed by atoms with E-state index < -0.39 is 0 Å². The van der Waals surface area contributed by atoms with Crippen molar-refractivity contribution in [3.05, 3.63) is 45.0 Å². The number of thiophene rings is 1. The molecule has 0 amide bonds. The number of hydrogen-bond acceptors (Lipinski definition) is 3. The first-order valence-corrected chi connectivity index (χ1v) is 5.83. The van der Waals surface area contributed by atoms with Gasteiger partial charge in [0.25, 0.3) is 0 Å². The van der Waals surface area contributed by atoms with Crippen molar-refractivity contribution in [1.29, 1.82) is 0 Å². The molecule has 0 aliphatic carbocycles. The SMILES string of the molecule is Cc1cc(C(N)c2csc(C)c2)c(C)o1. The summed E-state index contributed by atoms with van der Waals surface area (Å²) in [4.78, 5) is 1.29.